The molecule has 8 heteroatoms. The number of ether oxygens (including phenoxy) is 3. The van der Waals surface area contributed by atoms with Gasteiger partial charge < -0.3 is 23.9 Å². The second kappa shape index (κ2) is 9.98. The molecule has 0 unspecified atom stereocenters. The molecule has 0 amide bonds. The first-order valence-electron chi connectivity index (χ1n) is 12.7. The van der Waals surface area contributed by atoms with Crippen LogP contribution in [0, 0.1) is 29.6 Å². The molecule has 8 nitrogen and oxygen atoms in total. The molecule has 0 aromatic carbocycles. The van der Waals surface area contributed by atoms with E-state index in [1.165, 1.54) is 24.8 Å². The largest absolute Gasteiger partial charge is 0.469 e. The van der Waals surface area contributed by atoms with Gasteiger partial charge in [0.1, 0.15) is 17.6 Å². The Morgan fingerprint density at radius 3 is 2.69 bits per heavy atom. The second-order valence-corrected chi connectivity index (χ2v) is 11.0. The highest BCUT2D eigenvalue weighted by Crippen LogP contribution is 2.51. The fraction of sp³-hybridized carbons (Fsp3) is 0.607. The summed E-state index contributed by atoms with van der Waals surface area (Å²) in [6.45, 7) is 8.27. The lowest BCUT2D eigenvalue weighted by molar-refractivity contribution is -0.254. The molecule has 2 aliphatic heterocycles. The van der Waals surface area contributed by atoms with Crippen LogP contribution in [0.5, 0.6) is 0 Å². The summed E-state index contributed by atoms with van der Waals surface area (Å²) in [5, 5.41) is 11.6. The minimum absolute atomic E-state index is 0.0626. The van der Waals surface area contributed by atoms with Gasteiger partial charge in [-0.1, -0.05) is 25.5 Å². The van der Waals surface area contributed by atoms with Crippen molar-refractivity contribution in [2.24, 2.45) is 36.6 Å². The van der Waals surface area contributed by atoms with Gasteiger partial charge in [-0.2, -0.15) is 0 Å². The number of allylic oxidation sites excluding steroid dienone is 2. The van der Waals surface area contributed by atoms with Crippen LogP contribution in [-0.2, 0) is 30.8 Å². The van der Waals surface area contributed by atoms with Crippen molar-refractivity contribution < 1.29 is 28.9 Å². The lowest BCUT2D eigenvalue weighted by Crippen LogP contribution is -2.49. The molecule has 36 heavy (non-hydrogen) atoms. The molecule has 4 rings (SSSR count). The van der Waals surface area contributed by atoms with Crippen LogP contribution in [0.15, 0.2) is 42.4 Å². The zero-order valence-corrected chi connectivity index (χ0v) is 22.0. The lowest BCUT2D eigenvalue weighted by Gasteiger charge is -2.42. The third-order valence-corrected chi connectivity index (χ3v) is 8.23. The molecule has 7 atom stereocenters. The van der Waals surface area contributed by atoms with Crippen LogP contribution >= 0.6 is 0 Å². The van der Waals surface area contributed by atoms with Crippen molar-refractivity contribution in [2.75, 3.05) is 7.11 Å². The van der Waals surface area contributed by atoms with E-state index in [1.54, 1.807) is 36.2 Å². The zero-order chi connectivity index (χ0) is 26.3. The molecule has 196 valence electrons. The van der Waals surface area contributed by atoms with E-state index >= 15 is 0 Å². The lowest BCUT2D eigenvalue weighted by atomic mass is 9.63. The summed E-state index contributed by atoms with van der Waals surface area (Å²) in [7, 11) is 3.19. The Kier molecular flexibility index (Phi) is 7.30. The number of hydrogen-bond acceptors (Lipinski definition) is 7. The summed E-state index contributed by atoms with van der Waals surface area (Å²) in [5.74, 6) is -2.92. The summed E-state index contributed by atoms with van der Waals surface area (Å²) in [5.41, 5.74) is 0.742. The Morgan fingerprint density at radius 2 is 2.06 bits per heavy atom. The van der Waals surface area contributed by atoms with Gasteiger partial charge in [0.2, 0.25) is 0 Å². The summed E-state index contributed by atoms with van der Waals surface area (Å²) >= 11 is 0. The van der Waals surface area contributed by atoms with Crippen molar-refractivity contribution in [3.8, 4) is 0 Å². The average molecular weight is 499 g/mol. The molecular formula is C28H38N2O6. The first kappa shape index (κ1) is 26.4. The Labute approximate surface area is 213 Å². The quantitative estimate of drug-likeness (QED) is 0.374. The van der Waals surface area contributed by atoms with Gasteiger partial charge in [-0.3, -0.25) is 4.79 Å². The maximum Gasteiger partial charge on any atom is 0.331 e. The van der Waals surface area contributed by atoms with Gasteiger partial charge in [0.25, 0.3) is 0 Å². The Bertz CT molecular complexity index is 1090. The molecular weight excluding hydrogens is 460 g/mol. The predicted molar refractivity (Wildman–Crippen MR) is 134 cm³/mol. The smallest absolute Gasteiger partial charge is 0.331 e. The van der Waals surface area contributed by atoms with Crippen LogP contribution in [0.1, 0.15) is 52.7 Å². The summed E-state index contributed by atoms with van der Waals surface area (Å²) in [6.07, 6.45) is 13.1. The van der Waals surface area contributed by atoms with Crippen molar-refractivity contribution in [3.05, 3.63) is 48.1 Å². The minimum Gasteiger partial charge on any atom is -0.469 e. The van der Waals surface area contributed by atoms with Crippen molar-refractivity contribution in [1.29, 1.82) is 0 Å². The number of aliphatic hydroxyl groups is 1. The topological polar surface area (TPSA) is 99.9 Å². The van der Waals surface area contributed by atoms with Crippen LogP contribution in [0.25, 0.3) is 6.08 Å². The fourth-order valence-electron chi connectivity index (χ4n) is 6.15. The van der Waals surface area contributed by atoms with E-state index in [2.05, 4.69) is 31.8 Å². The molecule has 0 spiro atoms. The van der Waals surface area contributed by atoms with E-state index in [0.717, 1.165) is 6.42 Å². The molecule has 1 aromatic heterocycles. The van der Waals surface area contributed by atoms with Crippen LogP contribution in [0.4, 0.5) is 0 Å². The normalized spacial score (nSPS) is 36.1. The number of esters is 2. The van der Waals surface area contributed by atoms with E-state index in [-0.39, 0.29) is 11.8 Å². The number of aryl methyl sites for hydroxylation is 1. The predicted octanol–water partition coefficient (Wildman–Crippen LogP) is 3.82. The number of hydrogen-bond donors (Lipinski definition) is 1. The maximum atomic E-state index is 12.9. The monoisotopic (exact) mass is 498 g/mol. The van der Waals surface area contributed by atoms with E-state index in [1.807, 2.05) is 7.05 Å². The van der Waals surface area contributed by atoms with Gasteiger partial charge in [-0.05, 0) is 75.0 Å². The standard InChI is InChI=1S/C28H38N2O6/c1-17(2)20-9-7-18(3)21-14-24(35-25(31)10-8-19-15-30(5)16-29-19)27(4)11-12-28(33,36-27)23(13-22(20)21)26(32)34-6/h7-8,10-12,15-17,20-24,33H,9,13-14H2,1-6H3/b10-8+/t20-,21+,22-,23+,24+,27+,28-/m1/s1. The molecule has 1 saturated heterocycles. The van der Waals surface area contributed by atoms with Crippen molar-refractivity contribution >= 4 is 18.0 Å². The molecule has 3 heterocycles. The number of methoxy groups -OCH3 is 1. The summed E-state index contributed by atoms with van der Waals surface area (Å²) in [6, 6.07) is 0. The molecule has 1 aliphatic carbocycles. The summed E-state index contributed by atoms with van der Waals surface area (Å²) < 4.78 is 19.1. The minimum atomic E-state index is -1.85. The van der Waals surface area contributed by atoms with Gasteiger partial charge >= 0.3 is 11.9 Å². The maximum absolute atomic E-state index is 12.9. The van der Waals surface area contributed by atoms with E-state index in [4.69, 9.17) is 14.2 Å². The summed E-state index contributed by atoms with van der Waals surface area (Å²) in [4.78, 5) is 30.1. The second-order valence-electron chi connectivity index (χ2n) is 11.0. The van der Waals surface area contributed by atoms with E-state index < -0.39 is 35.3 Å². The van der Waals surface area contributed by atoms with Gasteiger partial charge in [-0.15, -0.1) is 0 Å². The molecule has 0 radical (unpaired) electrons. The van der Waals surface area contributed by atoms with E-state index in [9.17, 15) is 14.7 Å². The molecule has 1 N–H and O–H groups in total. The highest BCUT2D eigenvalue weighted by Gasteiger charge is 2.57. The Balaban J connectivity index is 1.70. The number of rotatable bonds is 5. The third kappa shape index (κ3) is 5.06. The number of carbonyl (C=O) groups is 2. The number of imidazole rings is 1. The molecule has 1 fully saturated rings. The van der Waals surface area contributed by atoms with Crippen molar-refractivity contribution in [3.63, 3.8) is 0 Å². The molecule has 3 aliphatic rings. The van der Waals surface area contributed by atoms with Gasteiger partial charge in [0.05, 0.1) is 19.1 Å². The van der Waals surface area contributed by atoms with Gasteiger partial charge in [0.15, 0.2) is 5.79 Å². The molecule has 0 saturated carbocycles. The van der Waals surface area contributed by atoms with Crippen LogP contribution in [0.3, 0.4) is 0 Å². The Hall–Kier alpha value is -2.71. The first-order chi connectivity index (χ1) is 17.0. The van der Waals surface area contributed by atoms with Crippen LogP contribution in [0.2, 0.25) is 0 Å². The fourth-order valence-corrected chi connectivity index (χ4v) is 6.15. The number of nitrogens with zero attached hydrogens (tertiary/aromatic N) is 2. The van der Waals surface area contributed by atoms with Crippen LogP contribution < -0.4 is 0 Å². The number of carbonyl (C=O) groups excluding carboxylic acids is 2. The van der Waals surface area contributed by atoms with E-state index in [0.29, 0.717) is 30.4 Å². The highest BCUT2D eigenvalue weighted by molar-refractivity contribution is 5.86. The van der Waals surface area contributed by atoms with Crippen molar-refractivity contribution in [2.45, 2.75) is 64.4 Å². The van der Waals surface area contributed by atoms with Gasteiger partial charge in [-0.25, -0.2) is 9.78 Å². The van der Waals surface area contributed by atoms with Crippen molar-refractivity contribution in [1.82, 2.24) is 9.55 Å². The molecule has 1 aromatic rings. The average Bonchev–Trinajstić information content (AvgIpc) is 3.39. The van der Waals surface area contributed by atoms with Crippen LogP contribution in [-0.4, -0.2) is 51.2 Å². The number of aromatic nitrogens is 2. The highest BCUT2D eigenvalue weighted by atomic mass is 16.7. The van der Waals surface area contributed by atoms with Gasteiger partial charge in [0, 0.05) is 19.3 Å². The first-order valence-corrected chi connectivity index (χ1v) is 12.7. The Morgan fingerprint density at radius 1 is 1.31 bits per heavy atom. The SMILES string of the molecule is COC(=O)[C@@H]1C[C@@H]2[C@@H](C(C)C)CC=C(C)[C@@H]2C[C@H](OC(=O)/C=C/c2cn(C)cn2)[C@]2(C)C=C[C@@]1(O)O2. The molecule has 2 bridgehead atoms. The number of fused-ring (bicyclic) bond motifs is 3. The third-order valence-electron chi connectivity index (χ3n) is 8.23. The zero-order valence-electron chi connectivity index (χ0n) is 22.0.